The minimum atomic E-state index is 0.188. The molecule has 0 aliphatic heterocycles. The zero-order valence-corrected chi connectivity index (χ0v) is 12.4. The SMILES string of the molecule is CCCc1cc2c(cc1O)C(C)(C)CCC2(C)C. The minimum absolute atomic E-state index is 0.188. The van der Waals surface area contributed by atoms with E-state index >= 15 is 0 Å². The van der Waals surface area contributed by atoms with Crippen molar-refractivity contribution in [1.82, 2.24) is 0 Å². The molecule has 0 heterocycles. The number of hydrogen-bond donors (Lipinski definition) is 1. The molecule has 0 bridgehead atoms. The second-order valence-corrected chi connectivity index (χ2v) is 7.04. The number of phenols is 1. The maximum Gasteiger partial charge on any atom is 0.119 e. The molecule has 100 valence electrons. The highest BCUT2D eigenvalue weighted by Gasteiger charge is 2.37. The van der Waals surface area contributed by atoms with Gasteiger partial charge in [-0.1, -0.05) is 47.1 Å². The highest BCUT2D eigenvalue weighted by Crippen LogP contribution is 2.47. The molecule has 1 aliphatic rings. The van der Waals surface area contributed by atoms with Crippen molar-refractivity contribution in [3.63, 3.8) is 0 Å². The van der Waals surface area contributed by atoms with Crippen LogP contribution in [0.15, 0.2) is 12.1 Å². The Balaban J connectivity index is 2.61. The van der Waals surface area contributed by atoms with Crippen molar-refractivity contribution in [2.24, 2.45) is 0 Å². The monoisotopic (exact) mass is 246 g/mol. The normalized spacial score (nSPS) is 20.5. The number of aryl methyl sites for hydroxylation is 1. The molecule has 0 amide bonds. The lowest BCUT2D eigenvalue weighted by Crippen LogP contribution is -2.33. The second-order valence-electron chi connectivity index (χ2n) is 7.04. The largest absolute Gasteiger partial charge is 0.508 e. The Hall–Kier alpha value is -0.980. The molecule has 1 heteroatoms. The molecule has 0 spiro atoms. The van der Waals surface area contributed by atoms with Crippen LogP contribution in [0.2, 0.25) is 0 Å². The molecule has 2 rings (SSSR count). The Morgan fingerprint density at radius 3 is 2.00 bits per heavy atom. The Bertz CT molecular complexity index is 455. The quantitative estimate of drug-likeness (QED) is 0.802. The van der Waals surface area contributed by atoms with Crippen LogP contribution < -0.4 is 0 Å². The summed E-state index contributed by atoms with van der Waals surface area (Å²) in [5.41, 5.74) is 4.33. The molecular weight excluding hydrogens is 220 g/mol. The van der Waals surface area contributed by atoms with Gasteiger partial charge < -0.3 is 5.11 Å². The third-order valence-corrected chi connectivity index (χ3v) is 4.57. The fourth-order valence-corrected chi connectivity index (χ4v) is 3.12. The summed E-state index contributed by atoms with van der Waals surface area (Å²) in [6.07, 6.45) is 4.47. The van der Waals surface area contributed by atoms with Gasteiger partial charge in [0.15, 0.2) is 0 Å². The first-order valence-corrected chi connectivity index (χ1v) is 7.15. The molecular formula is C17H26O. The maximum atomic E-state index is 10.2. The summed E-state index contributed by atoms with van der Waals surface area (Å²) >= 11 is 0. The van der Waals surface area contributed by atoms with Gasteiger partial charge in [0.1, 0.15) is 5.75 Å². The fraction of sp³-hybridized carbons (Fsp3) is 0.647. The third-order valence-electron chi connectivity index (χ3n) is 4.57. The molecule has 0 saturated heterocycles. The van der Waals surface area contributed by atoms with Crippen molar-refractivity contribution in [2.75, 3.05) is 0 Å². The Morgan fingerprint density at radius 1 is 1.00 bits per heavy atom. The van der Waals surface area contributed by atoms with E-state index in [0.717, 1.165) is 18.4 Å². The smallest absolute Gasteiger partial charge is 0.119 e. The lowest BCUT2D eigenvalue weighted by molar-refractivity contribution is 0.329. The zero-order valence-electron chi connectivity index (χ0n) is 12.4. The summed E-state index contributed by atoms with van der Waals surface area (Å²) in [6.45, 7) is 11.4. The van der Waals surface area contributed by atoms with Gasteiger partial charge in [-0.05, 0) is 52.8 Å². The predicted octanol–water partition coefficient (Wildman–Crippen LogP) is 4.69. The highest BCUT2D eigenvalue weighted by atomic mass is 16.3. The van der Waals surface area contributed by atoms with E-state index in [0.29, 0.717) is 5.75 Å². The summed E-state index contributed by atoms with van der Waals surface area (Å²) in [4.78, 5) is 0. The van der Waals surface area contributed by atoms with Crippen LogP contribution in [-0.4, -0.2) is 5.11 Å². The number of fused-ring (bicyclic) bond motifs is 1. The topological polar surface area (TPSA) is 20.2 Å². The molecule has 1 N–H and O–H groups in total. The van der Waals surface area contributed by atoms with E-state index in [-0.39, 0.29) is 10.8 Å². The van der Waals surface area contributed by atoms with Gasteiger partial charge in [-0.2, -0.15) is 0 Å². The lowest BCUT2D eigenvalue weighted by atomic mass is 9.63. The molecule has 1 aromatic rings. The van der Waals surface area contributed by atoms with Crippen LogP contribution >= 0.6 is 0 Å². The Morgan fingerprint density at radius 2 is 1.50 bits per heavy atom. The zero-order chi connectivity index (χ0) is 13.6. The van der Waals surface area contributed by atoms with Crippen LogP contribution in [0.1, 0.15) is 70.6 Å². The molecule has 1 nitrogen and oxygen atoms in total. The fourth-order valence-electron chi connectivity index (χ4n) is 3.12. The Labute approximate surface area is 111 Å². The molecule has 1 aliphatic carbocycles. The van der Waals surface area contributed by atoms with Crippen molar-refractivity contribution < 1.29 is 5.11 Å². The van der Waals surface area contributed by atoms with Gasteiger partial charge in [-0.3, -0.25) is 0 Å². The van der Waals surface area contributed by atoms with Crippen molar-refractivity contribution in [3.05, 3.63) is 28.8 Å². The summed E-state index contributed by atoms with van der Waals surface area (Å²) in [5, 5.41) is 10.2. The average molecular weight is 246 g/mol. The van der Waals surface area contributed by atoms with E-state index in [2.05, 4.69) is 40.7 Å². The second kappa shape index (κ2) is 4.29. The van der Waals surface area contributed by atoms with Gasteiger partial charge in [0.2, 0.25) is 0 Å². The number of rotatable bonds is 2. The van der Waals surface area contributed by atoms with E-state index in [1.807, 2.05) is 6.07 Å². The van der Waals surface area contributed by atoms with Crippen LogP contribution in [0.4, 0.5) is 0 Å². The number of benzene rings is 1. The standard InChI is InChI=1S/C17H26O/c1-6-7-12-10-13-14(11-15(12)18)17(4,5)9-8-16(13,2)3/h10-11,18H,6-9H2,1-5H3. The summed E-state index contributed by atoms with van der Waals surface area (Å²) in [6, 6.07) is 4.29. The first-order chi connectivity index (χ1) is 8.28. The highest BCUT2D eigenvalue weighted by molar-refractivity contribution is 5.49. The summed E-state index contributed by atoms with van der Waals surface area (Å²) in [5.74, 6) is 0.487. The van der Waals surface area contributed by atoms with Gasteiger partial charge in [-0.25, -0.2) is 0 Å². The maximum absolute atomic E-state index is 10.2. The van der Waals surface area contributed by atoms with Gasteiger partial charge in [0, 0.05) is 0 Å². The van der Waals surface area contributed by atoms with Gasteiger partial charge >= 0.3 is 0 Å². The van der Waals surface area contributed by atoms with E-state index in [4.69, 9.17) is 0 Å². The average Bonchev–Trinajstić information content (AvgIpc) is 2.27. The summed E-state index contributed by atoms with van der Waals surface area (Å²) < 4.78 is 0. The third kappa shape index (κ3) is 2.15. The summed E-state index contributed by atoms with van der Waals surface area (Å²) in [7, 11) is 0. The van der Waals surface area contributed by atoms with Crippen molar-refractivity contribution in [1.29, 1.82) is 0 Å². The molecule has 0 unspecified atom stereocenters. The van der Waals surface area contributed by atoms with Crippen LogP contribution in [0, 0.1) is 0 Å². The van der Waals surface area contributed by atoms with Gasteiger partial charge in [-0.15, -0.1) is 0 Å². The first kappa shape index (κ1) is 13.5. The van der Waals surface area contributed by atoms with Crippen molar-refractivity contribution in [3.8, 4) is 5.75 Å². The number of aromatic hydroxyl groups is 1. The van der Waals surface area contributed by atoms with Crippen LogP contribution in [-0.2, 0) is 17.3 Å². The Kier molecular flexibility index (Phi) is 3.21. The van der Waals surface area contributed by atoms with E-state index in [1.165, 1.54) is 24.0 Å². The van der Waals surface area contributed by atoms with E-state index in [9.17, 15) is 5.11 Å². The minimum Gasteiger partial charge on any atom is -0.508 e. The van der Waals surface area contributed by atoms with E-state index in [1.54, 1.807) is 0 Å². The van der Waals surface area contributed by atoms with E-state index < -0.39 is 0 Å². The lowest BCUT2D eigenvalue weighted by Gasteiger charge is -2.42. The molecule has 0 fully saturated rings. The molecule has 0 aromatic heterocycles. The van der Waals surface area contributed by atoms with Crippen LogP contribution in [0.25, 0.3) is 0 Å². The molecule has 18 heavy (non-hydrogen) atoms. The molecule has 0 atom stereocenters. The molecule has 1 aromatic carbocycles. The van der Waals surface area contributed by atoms with Gasteiger partial charge in [0.05, 0.1) is 0 Å². The van der Waals surface area contributed by atoms with Gasteiger partial charge in [0.25, 0.3) is 0 Å². The van der Waals surface area contributed by atoms with Crippen LogP contribution in [0.5, 0.6) is 5.75 Å². The van der Waals surface area contributed by atoms with Crippen molar-refractivity contribution in [2.45, 2.75) is 71.1 Å². The van der Waals surface area contributed by atoms with Crippen molar-refractivity contribution >= 4 is 0 Å². The van der Waals surface area contributed by atoms with Crippen LogP contribution in [0.3, 0.4) is 0 Å². The molecule has 0 saturated carbocycles. The molecule has 0 radical (unpaired) electrons. The number of phenolic OH excluding ortho intramolecular Hbond substituents is 1. The predicted molar refractivity (Wildman–Crippen MR) is 77.4 cm³/mol. The first-order valence-electron chi connectivity index (χ1n) is 7.15. The number of hydrogen-bond acceptors (Lipinski definition) is 1.